The van der Waals surface area contributed by atoms with Crippen molar-refractivity contribution in [1.29, 1.82) is 0 Å². The average molecular weight is 248 g/mol. The van der Waals surface area contributed by atoms with Crippen molar-refractivity contribution in [3.05, 3.63) is 23.0 Å². The second-order valence-corrected chi connectivity index (χ2v) is 5.65. The predicted molar refractivity (Wildman–Crippen MR) is 74.2 cm³/mol. The van der Waals surface area contributed by atoms with Crippen LogP contribution in [0.25, 0.3) is 0 Å². The molecule has 2 rings (SSSR count). The van der Waals surface area contributed by atoms with Gasteiger partial charge in [-0.1, -0.05) is 0 Å². The summed E-state index contributed by atoms with van der Waals surface area (Å²) < 4.78 is 2.34. The van der Waals surface area contributed by atoms with Crippen LogP contribution in [0.1, 0.15) is 48.4 Å². The summed E-state index contributed by atoms with van der Waals surface area (Å²) in [6, 6.07) is 2.64. The van der Waals surface area contributed by atoms with Crippen molar-refractivity contribution < 1.29 is 4.79 Å². The molecule has 0 spiro atoms. The van der Waals surface area contributed by atoms with Crippen LogP contribution in [0.2, 0.25) is 0 Å². The molecule has 1 aromatic heterocycles. The molecule has 0 saturated carbocycles. The van der Waals surface area contributed by atoms with Crippen LogP contribution in [0.15, 0.2) is 6.07 Å². The predicted octanol–water partition coefficient (Wildman–Crippen LogP) is 2.66. The third-order valence-electron chi connectivity index (χ3n) is 4.09. The minimum absolute atomic E-state index is 0.329. The number of fused-ring (bicyclic) bond motifs is 1. The highest BCUT2D eigenvalue weighted by atomic mass is 16.1. The molecule has 0 atom stereocenters. The Morgan fingerprint density at radius 1 is 1.39 bits per heavy atom. The summed E-state index contributed by atoms with van der Waals surface area (Å²) in [4.78, 5) is 14.2. The standard InChI is InChI=1S/C15H24N2O/c1-11(2)16(4)8-9-17-12(3)10-13-14(17)6-5-7-15(13)18/h10-11H,5-9H2,1-4H3. The topological polar surface area (TPSA) is 25.2 Å². The van der Waals surface area contributed by atoms with E-state index < -0.39 is 0 Å². The van der Waals surface area contributed by atoms with Gasteiger partial charge in [-0.15, -0.1) is 0 Å². The van der Waals surface area contributed by atoms with Crippen molar-refractivity contribution in [2.45, 2.75) is 52.6 Å². The molecule has 3 nitrogen and oxygen atoms in total. The summed E-state index contributed by atoms with van der Waals surface area (Å²) in [5.41, 5.74) is 3.47. The van der Waals surface area contributed by atoms with Gasteiger partial charge >= 0.3 is 0 Å². The molecule has 0 radical (unpaired) electrons. The highest BCUT2D eigenvalue weighted by Gasteiger charge is 2.22. The van der Waals surface area contributed by atoms with Crippen LogP contribution in [0.4, 0.5) is 0 Å². The Labute approximate surface area is 110 Å². The van der Waals surface area contributed by atoms with Gasteiger partial charge in [0.1, 0.15) is 0 Å². The lowest BCUT2D eigenvalue weighted by Crippen LogP contribution is -2.30. The molecule has 0 N–H and O–H groups in total. The average Bonchev–Trinajstić information content (AvgIpc) is 2.64. The maximum absolute atomic E-state index is 11.9. The fourth-order valence-electron chi connectivity index (χ4n) is 2.62. The van der Waals surface area contributed by atoms with Crippen molar-refractivity contribution in [3.8, 4) is 0 Å². The Morgan fingerprint density at radius 2 is 2.11 bits per heavy atom. The molecule has 1 aliphatic rings. The number of carbonyl (C=O) groups is 1. The Hall–Kier alpha value is -1.09. The quantitative estimate of drug-likeness (QED) is 0.818. The highest BCUT2D eigenvalue weighted by Crippen LogP contribution is 2.24. The molecule has 3 heteroatoms. The van der Waals surface area contributed by atoms with Gasteiger partial charge in [0.25, 0.3) is 0 Å². The van der Waals surface area contributed by atoms with Crippen molar-refractivity contribution in [1.82, 2.24) is 9.47 Å². The van der Waals surface area contributed by atoms with E-state index in [0.717, 1.165) is 37.9 Å². The normalized spacial score (nSPS) is 15.6. The fraction of sp³-hybridized carbons (Fsp3) is 0.667. The summed E-state index contributed by atoms with van der Waals surface area (Å²) in [7, 11) is 2.15. The fourth-order valence-corrected chi connectivity index (χ4v) is 2.62. The maximum atomic E-state index is 11.9. The number of hydrogen-bond donors (Lipinski definition) is 0. The lowest BCUT2D eigenvalue weighted by atomic mass is 9.97. The second-order valence-electron chi connectivity index (χ2n) is 5.65. The van der Waals surface area contributed by atoms with Gasteiger partial charge in [0.15, 0.2) is 5.78 Å². The Morgan fingerprint density at radius 3 is 2.78 bits per heavy atom. The first-order valence-corrected chi connectivity index (χ1v) is 6.93. The Kier molecular flexibility index (Phi) is 3.91. The summed E-state index contributed by atoms with van der Waals surface area (Å²) in [6.07, 6.45) is 2.79. The van der Waals surface area contributed by atoms with Gasteiger partial charge in [0, 0.05) is 42.5 Å². The van der Waals surface area contributed by atoms with Crippen molar-refractivity contribution in [3.63, 3.8) is 0 Å². The van der Waals surface area contributed by atoms with Gasteiger partial charge < -0.3 is 9.47 Å². The number of aryl methyl sites for hydroxylation is 1. The lowest BCUT2D eigenvalue weighted by molar-refractivity contribution is 0.0971. The Bertz CT molecular complexity index is 446. The van der Waals surface area contributed by atoms with Crippen LogP contribution in [0, 0.1) is 6.92 Å². The van der Waals surface area contributed by atoms with Crippen LogP contribution in [0.3, 0.4) is 0 Å². The SMILES string of the molecule is Cc1cc2c(n1CCN(C)C(C)C)CCCC2=O. The molecule has 1 heterocycles. The maximum Gasteiger partial charge on any atom is 0.164 e. The first kappa shape index (κ1) is 13.3. The molecule has 0 amide bonds. The lowest BCUT2D eigenvalue weighted by Gasteiger charge is -2.23. The van der Waals surface area contributed by atoms with E-state index >= 15 is 0 Å². The van der Waals surface area contributed by atoms with Crippen LogP contribution >= 0.6 is 0 Å². The first-order chi connectivity index (χ1) is 8.50. The van der Waals surface area contributed by atoms with E-state index in [9.17, 15) is 4.79 Å². The van der Waals surface area contributed by atoms with Crippen molar-refractivity contribution >= 4 is 5.78 Å². The Balaban J connectivity index is 2.16. The summed E-state index contributed by atoms with van der Waals surface area (Å²) in [5, 5.41) is 0. The molecule has 0 bridgehead atoms. The van der Waals surface area contributed by atoms with Gasteiger partial charge in [-0.05, 0) is 46.7 Å². The summed E-state index contributed by atoms with van der Waals surface area (Å²) >= 11 is 0. The molecule has 0 aromatic carbocycles. The van der Waals surface area contributed by atoms with Crippen LogP contribution in [-0.4, -0.2) is 34.9 Å². The molecule has 0 aliphatic heterocycles. The number of aromatic nitrogens is 1. The van der Waals surface area contributed by atoms with E-state index in [2.05, 4.69) is 43.4 Å². The van der Waals surface area contributed by atoms with E-state index in [-0.39, 0.29) is 0 Å². The minimum atomic E-state index is 0.329. The summed E-state index contributed by atoms with van der Waals surface area (Å²) in [5.74, 6) is 0.329. The number of Topliss-reactive ketones (excluding diaryl/α,β-unsaturated/α-hetero) is 1. The zero-order valence-electron chi connectivity index (χ0n) is 12.0. The molecule has 0 unspecified atom stereocenters. The van der Waals surface area contributed by atoms with Gasteiger partial charge in [-0.3, -0.25) is 4.79 Å². The molecule has 1 aromatic rings. The molecule has 100 valence electrons. The molecular weight excluding hydrogens is 224 g/mol. The number of nitrogens with zero attached hydrogens (tertiary/aromatic N) is 2. The third-order valence-corrected chi connectivity index (χ3v) is 4.09. The minimum Gasteiger partial charge on any atom is -0.347 e. The van der Waals surface area contributed by atoms with Gasteiger partial charge in [0.05, 0.1) is 0 Å². The van der Waals surface area contributed by atoms with Crippen molar-refractivity contribution in [2.24, 2.45) is 0 Å². The molecule has 0 fully saturated rings. The van der Waals surface area contributed by atoms with E-state index in [1.807, 2.05) is 0 Å². The van der Waals surface area contributed by atoms with Gasteiger partial charge in [-0.2, -0.15) is 0 Å². The second kappa shape index (κ2) is 5.27. The van der Waals surface area contributed by atoms with E-state index in [0.29, 0.717) is 11.8 Å². The van der Waals surface area contributed by atoms with Crippen LogP contribution in [0.5, 0.6) is 0 Å². The van der Waals surface area contributed by atoms with E-state index in [1.165, 1.54) is 11.4 Å². The number of carbonyl (C=O) groups excluding carboxylic acids is 1. The van der Waals surface area contributed by atoms with Crippen LogP contribution < -0.4 is 0 Å². The van der Waals surface area contributed by atoms with Crippen molar-refractivity contribution in [2.75, 3.05) is 13.6 Å². The van der Waals surface area contributed by atoms with Gasteiger partial charge in [0.2, 0.25) is 0 Å². The molecule has 1 aliphatic carbocycles. The molecule has 0 saturated heterocycles. The molecule has 18 heavy (non-hydrogen) atoms. The van der Waals surface area contributed by atoms with E-state index in [4.69, 9.17) is 0 Å². The van der Waals surface area contributed by atoms with Crippen LogP contribution in [-0.2, 0) is 13.0 Å². The molecular formula is C15H24N2O. The van der Waals surface area contributed by atoms with E-state index in [1.54, 1.807) is 0 Å². The smallest absolute Gasteiger partial charge is 0.164 e. The number of hydrogen-bond acceptors (Lipinski definition) is 2. The third kappa shape index (κ3) is 2.51. The monoisotopic (exact) mass is 248 g/mol. The number of ketones is 1. The zero-order valence-corrected chi connectivity index (χ0v) is 12.0. The largest absolute Gasteiger partial charge is 0.347 e. The highest BCUT2D eigenvalue weighted by molar-refractivity contribution is 5.98. The number of rotatable bonds is 4. The summed E-state index contributed by atoms with van der Waals surface area (Å²) in [6.45, 7) is 8.56. The van der Waals surface area contributed by atoms with Gasteiger partial charge in [-0.25, -0.2) is 0 Å². The number of likely N-dealkylation sites (N-methyl/N-ethyl adjacent to an activating group) is 1. The first-order valence-electron chi connectivity index (χ1n) is 6.93. The zero-order chi connectivity index (χ0) is 13.3.